The van der Waals surface area contributed by atoms with E-state index in [9.17, 15) is 0 Å². The van der Waals surface area contributed by atoms with E-state index < -0.39 is 0 Å². The minimum absolute atomic E-state index is 0. The van der Waals surface area contributed by atoms with Gasteiger partial charge in [0.05, 0.1) is 5.69 Å². The van der Waals surface area contributed by atoms with Crippen molar-refractivity contribution in [2.24, 2.45) is 0 Å². The van der Waals surface area contributed by atoms with E-state index in [1.807, 2.05) is 12.4 Å². The Morgan fingerprint density at radius 1 is 1.35 bits per heavy atom. The van der Waals surface area contributed by atoms with Gasteiger partial charge in [-0.1, -0.05) is 20.3 Å². The molecule has 0 radical (unpaired) electrons. The van der Waals surface area contributed by atoms with Gasteiger partial charge in [0.25, 0.3) is 0 Å². The van der Waals surface area contributed by atoms with E-state index in [1.165, 1.54) is 12.0 Å². The van der Waals surface area contributed by atoms with Gasteiger partial charge in [0.1, 0.15) is 0 Å². The summed E-state index contributed by atoms with van der Waals surface area (Å²) in [5.41, 5.74) is 2.32. The molecule has 98 valence electrons. The Kier molecular flexibility index (Phi) is 6.63. The number of nitrogens with zero attached hydrogens (tertiary/aromatic N) is 1. The molecule has 0 spiro atoms. The summed E-state index contributed by atoms with van der Waals surface area (Å²) in [6.07, 6.45) is 7.18. The molecule has 1 aliphatic heterocycles. The van der Waals surface area contributed by atoms with Crippen LogP contribution in [0.25, 0.3) is 0 Å². The zero-order valence-electron chi connectivity index (χ0n) is 11.2. The van der Waals surface area contributed by atoms with Gasteiger partial charge in [-0.2, -0.15) is 0 Å². The van der Waals surface area contributed by atoms with Gasteiger partial charge in [0, 0.05) is 33.1 Å². The zero-order chi connectivity index (χ0) is 12.5. The molecule has 0 unspecified atom stereocenters. The minimum atomic E-state index is 0. The molecule has 3 heteroatoms. The molecule has 1 saturated heterocycles. The molecule has 0 aromatic carbocycles. The third kappa shape index (κ3) is 5.68. The third-order valence-corrected chi connectivity index (χ3v) is 2.47. The molecular weight excluding hydrogens is 212 g/mol. The van der Waals surface area contributed by atoms with E-state index in [0.717, 1.165) is 31.7 Å². The summed E-state index contributed by atoms with van der Waals surface area (Å²) in [6, 6.07) is 2.68. The molecule has 1 aromatic rings. The van der Waals surface area contributed by atoms with E-state index in [-0.39, 0.29) is 1.43 Å². The molecule has 0 atom stereocenters. The van der Waals surface area contributed by atoms with Gasteiger partial charge in [-0.05, 0) is 31.4 Å². The van der Waals surface area contributed by atoms with Crippen LogP contribution in [0.1, 0.15) is 40.1 Å². The Labute approximate surface area is 106 Å². The van der Waals surface area contributed by atoms with E-state index in [2.05, 4.69) is 37.1 Å². The van der Waals surface area contributed by atoms with Crippen molar-refractivity contribution in [2.45, 2.75) is 46.1 Å². The first-order chi connectivity index (χ1) is 8.26. The number of pyridine rings is 1. The fraction of sp³-hybridized carbons (Fsp3) is 0.643. The lowest BCUT2D eigenvalue weighted by Crippen LogP contribution is -2.27. The van der Waals surface area contributed by atoms with E-state index >= 15 is 0 Å². The Balaban J connectivity index is 0.000000660. The van der Waals surface area contributed by atoms with Crippen molar-refractivity contribution in [3.05, 3.63) is 24.0 Å². The molecule has 1 fully saturated rings. The molecular formula is C14H26N2O. The van der Waals surface area contributed by atoms with Crippen molar-refractivity contribution in [1.82, 2.24) is 4.98 Å². The van der Waals surface area contributed by atoms with Crippen LogP contribution >= 0.6 is 0 Å². The Hall–Kier alpha value is -1.09. The Morgan fingerprint density at radius 2 is 2.00 bits per heavy atom. The van der Waals surface area contributed by atoms with Crippen molar-refractivity contribution >= 4 is 5.69 Å². The number of aryl methyl sites for hydroxylation is 1. The molecule has 2 heterocycles. The maximum atomic E-state index is 5.31. The zero-order valence-corrected chi connectivity index (χ0v) is 11.2. The summed E-state index contributed by atoms with van der Waals surface area (Å²) in [7, 11) is 0. The molecule has 3 nitrogen and oxygen atoms in total. The molecule has 0 saturated carbocycles. The lowest BCUT2D eigenvalue weighted by Gasteiger charge is -2.24. The number of nitrogens with one attached hydrogen (secondary N) is 1. The topological polar surface area (TPSA) is 34.2 Å². The normalized spacial score (nSPS) is 15.9. The first-order valence-corrected chi connectivity index (χ1v) is 6.52. The summed E-state index contributed by atoms with van der Waals surface area (Å²) < 4.78 is 5.31. The predicted molar refractivity (Wildman–Crippen MR) is 74.5 cm³/mol. The van der Waals surface area contributed by atoms with Crippen LogP contribution in [0, 0.1) is 6.92 Å². The summed E-state index contributed by atoms with van der Waals surface area (Å²) >= 11 is 0. The van der Waals surface area contributed by atoms with Crippen molar-refractivity contribution < 1.29 is 6.16 Å². The number of rotatable bonds is 2. The quantitative estimate of drug-likeness (QED) is 0.854. The highest BCUT2D eigenvalue weighted by atomic mass is 16.5. The summed E-state index contributed by atoms with van der Waals surface area (Å²) in [6.45, 7) is 8.05. The maximum Gasteiger partial charge on any atom is 0.0531 e. The Bertz CT molecular complexity index is 314. The van der Waals surface area contributed by atoms with Crippen LogP contribution in [0.4, 0.5) is 5.69 Å². The first kappa shape index (κ1) is 14.0. The molecule has 1 N–H and O–H groups in total. The van der Waals surface area contributed by atoms with Crippen LogP contribution in [0.3, 0.4) is 0 Å². The summed E-state index contributed by atoms with van der Waals surface area (Å²) in [5, 5.41) is 3.48. The lowest BCUT2D eigenvalue weighted by atomic mass is 10.1. The second kappa shape index (κ2) is 8.07. The second-order valence-corrected chi connectivity index (χ2v) is 4.49. The van der Waals surface area contributed by atoms with Crippen LogP contribution < -0.4 is 5.32 Å². The highest BCUT2D eigenvalue weighted by molar-refractivity contribution is 5.43. The second-order valence-electron chi connectivity index (χ2n) is 4.49. The number of ether oxygens (including phenoxy) is 1. The van der Waals surface area contributed by atoms with E-state index in [1.54, 1.807) is 0 Å². The largest absolute Gasteiger partial charge is 0.381 e. The van der Waals surface area contributed by atoms with Crippen LogP contribution in [0.2, 0.25) is 0 Å². The molecule has 1 aliphatic rings. The molecule has 0 aliphatic carbocycles. The highest BCUT2D eigenvalue weighted by Gasteiger charge is 2.12. The summed E-state index contributed by atoms with van der Waals surface area (Å²) in [5.74, 6) is 0. The number of hydrogen-bond acceptors (Lipinski definition) is 3. The predicted octanol–water partition coefficient (Wildman–Crippen LogP) is 3.64. The Morgan fingerprint density at radius 3 is 2.59 bits per heavy atom. The minimum Gasteiger partial charge on any atom is -0.381 e. The van der Waals surface area contributed by atoms with E-state index in [0.29, 0.717) is 6.04 Å². The molecule has 17 heavy (non-hydrogen) atoms. The van der Waals surface area contributed by atoms with Gasteiger partial charge in [0.2, 0.25) is 0 Å². The van der Waals surface area contributed by atoms with Crippen molar-refractivity contribution in [2.75, 3.05) is 18.5 Å². The van der Waals surface area contributed by atoms with Crippen LogP contribution in [-0.2, 0) is 4.74 Å². The third-order valence-electron chi connectivity index (χ3n) is 2.47. The SMILES string of the molecule is CCC.Cc1cncc(NC2CCOCC2)c1.[HH]. The van der Waals surface area contributed by atoms with Gasteiger partial charge < -0.3 is 10.1 Å². The van der Waals surface area contributed by atoms with Crippen molar-refractivity contribution in [1.29, 1.82) is 0 Å². The summed E-state index contributed by atoms with van der Waals surface area (Å²) in [4.78, 5) is 4.16. The van der Waals surface area contributed by atoms with Gasteiger partial charge in [-0.3, -0.25) is 4.98 Å². The van der Waals surface area contributed by atoms with Gasteiger partial charge >= 0.3 is 0 Å². The van der Waals surface area contributed by atoms with Gasteiger partial charge in [-0.15, -0.1) is 0 Å². The number of aromatic nitrogens is 1. The molecule has 0 amide bonds. The smallest absolute Gasteiger partial charge is 0.0531 e. The monoisotopic (exact) mass is 238 g/mol. The number of hydrogen-bond donors (Lipinski definition) is 1. The lowest BCUT2D eigenvalue weighted by molar-refractivity contribution is 0.0904. The van der Waals surface area contributed by atoms with Crippen LogP contribution in [0.5, 0.6) is 0 Å². The van der Waals surface area contributed by atoms with Gasteiger partial charge in [-0.25, -0.2) is 0 Å². The number of anilines is 1. The van der Waals surface area contributed by atoms with E-state index in [4.69, 9.17) is 4.74 Å². The molecule has 1 aromatic heterocycles. The van der Waals surface area contributed by atoms with Gasteiger partial charge in [0.15, 0.2) is 0 Å². The molecule has 0 bridgehead atoms. The van der Waals surface area contributed by atoms with Crippen LogP contribution in [-0.4, -0.2) is 24.2 Å². The highest BCUT2D eigenvalue weighted by Crippen LogP contribution is 2.14. The first-order valence-electron chi connectivity index (χ1n) is 6.52. The van der Waals surface area contributed by atoms with Crippen molar-refractivity contribution in [3.63, 3.8) is 0 Å². The average Bonchev–Trinajstić information content (AvgIpc) is 2.31. The standard InChI is InChI=1S/C11H16N2O.C3H8.H2/c1-9-6-11(8-12-7-9)13-10-2-4-14-5-3-10;1-3-2;/h6-8,10,13H,2-5H2,1H3;3H2,1-2H3;1H. The maximum absolute atomic E-state index is 5.31. The van der Waals surface area contributed by atoms with Crippen molar-refractivity contribution in [3.8, 4) is 0 Å². The van der Waals surface area contributed by atoms with Crippen LogP contribution in [0.15, 0.2) is 18.5 Å². The fourth-order valence-electron chi connectivity index (χ4n) is 1.71. The fourth-order valence-corrected chi connectivity index (χ4v) is 1.71. The molecule has 2 rings (SSSR count). The average molecular weight is 238 g/mol.